The van der Waals surface area contributed by atoms with E-state index in [4.69, 9.17) is 4.74 Å². The van der Waals surface area contributed by atoms with Gasteiger partial charge >= 0.3 is 0 Å². The number of nitrogens with zero attached hydrogens (tertiary/aromatic N) is 1. The van der Waals surface area contributed by atoms with Crippen LogP contribution in [0.2, 0.25) is 0 Å². The Balaban J connectivity index is 1.93. The molecule has 0 aliphatic heterocycles. The van der Waals surface area contributed by atoms with Crippen molar-refractivity contribution in [2.24, 2.45) is 5.92 Å². The summed E-state index contributed by atoms with van der Waals surface area (Å²) >= 11 is 0. The monoisotopic (exact) mass is 258 g/mol. The Hall–Kier alpha value is -1.69. The van der Waals surface area contributed by atoms with E-state index in [2.05, 4.69) is 18.3 Å². The van der Waals surface area contributed by atoms with Crippen LogP contribution in [0, 0.1) is 17.2 Å². The van der Waals surface area contributed by atoms with E-state index in [0.29, 0.717) is 6.04 Å². The predicted octanol–water partition coefficient (Wildman–Crippen LogP) is 3.97. The van der Waals surface area contributed by atoms with Crippen molar-refractivity contribution < 1.29 is 4.74 Å². The molecule has 0 amide bonds. The van der Waals surface area contributed by atoms with Gasteiger partial charge in [0.25, 0.3) is 0 Å². The summed E-state index contributed by atoms with van der Waals surface area (Å²) in [6.07, 6.45) is 5.53. The molecule has 1 fully saturated rings. The van der Waals surface area contributed by atoms with E-state index in [1.807, 2.05) is 24.3 Å². The Morgan fingerprint density at radius 1 is 1.26 bits per heavy atom. The van der Waals surface area contributed by atoms with Gasteiger partial charge in [0.1, 0.15) is 5.75 Å². The normalized spacial score (nSPS) is 22.5. The van der Waals surface area contributed by atoms with Gasteiger partial charge in [0.15, 0.2) is 0 Å². The molecule has 2 rings (SSSR count). The van der Waals surface area contributed by atoms with Gasteiger partial charge < -0.3 is 10.1 Å². The van der Waals surface area contributed by atoms with E-state index in [9.17, 15) is 5.26 Å². The average molecular weight is 258 g/mol. The lowest BCUT2D eigenvalue weighted by molar-refractivity contribution is 0.317. The molecule has 1 aromatic rings. The molecule has 19 heavy (non-hydrogen) atoms. The summed E-state index contributed by atoms with van der Waals surface area (Å²) in [6.45, 7) is 2.85. The lowest BCUT2D eigenvalue weighted by Crippen LogP contribution is -2.31. The second-order valence-corrected chi connectivity index (χ2v) is 5.14. The molecule has 0 saturated heterocycles. The molecule has 0 bridgehead atoms. The topological polar surface area (TPSA) is 45.0 Å². The number of hydrogen-bond acceptors (Lipinski definition) is 3. The van der Waals surface area contributed by atoms with Crippen molar-refractivity contribution in [3.05, 3.63) is 24.3 Å². The summed E-state index contributed by atoms with van der Waals surface area (Å²) in [6, 6.07) is 10.8. The average Bonchev–Trinajstić information content (AvgIpc) is 2.47. The van der Waals surface area contributed by atoms with Gasteiger partial charge in [-0.2, -0.15) is 5.26 Å². The standard InChI is InChI=1S/C16H22N2O/c1-2-11-19-15-9-7-14(8-10-15)18-16-6-4-3-5-13(16)12-17/h7-10,13,16,18H,2-6,11H2,1H3. The van der Waals surface area contributed by atoms with Crippen molar-refractivity contribution in [1.29, 1.82) is 5.26 Å². The molecule has 1 N–H and O–H groups in total. The van der Waals surface area contributed by atoms with E-state index in [1.54, 1.807) is 0 Å². The van der Waals surface area contributed by atoms with Crippen molar-refractivity contribution in [1.82, 2.24) is 0 Å². The molecule has 102 valence electrons. The highest BCUT2D eigenvalue weighted by atomic mass is 16.5. The first-order valence-electron chi connectivity index (χ1n) is 7.22. The Kier molecular flexibility index (Phi) is 5.09. The van der Waals surface area contributed by atoms with Crippen molar-refractivity contribution in [2.45, 2.75) is 45.1 Å². The lowest BCUT2D eigenvalue weighted by atomic mass is 9.85. The Morgan fingerprint density at radius 2 is 2.00 bits per heavy atom. The molecule has 1 aromatic carbocycles. The lowest BCUT2D eigenvalue weighted by Gasteiger charge is -2.28. The van der Waals surface area contributed by atoms with Crippen LogP contribution in [0.15, 0.2) is 24.3 Å². The van der Waals surface area contributed by atoms with Crippen LogP contribution in [0.4, 0.5) is 5.69 Å². The van der Waals surface area contributed by atoms with Crippen molar-refractivity contribution in [3.8, 4) is 11.8 Å². The maximum Gasteiger partial charge on any atom is 0.119 e. The molecule has 3 heteroatoms. The van der Waals surface area contributed by atoms with Crippen molar-refractivity contribution in [2.75, 3.05) is 11.9 Å². The van der Waals surface area contributed by atoms with Gasteiger partial charge in [-0.05, 0) is 43.5 Å². The van der Waals surface area contributed by atoms with Gasteiger partial charge in [0, 0.05) is 11.7 Å². The zero-order valence-corrected chi connectivity index (χ0v) is 11.6. The van der Waals surface area contributed by atoms with Gasteiger partial charge in [-0.1, -0.05) is 19.8 Å². The highest BCUT2D eigenvalue weighted by Crippen LogP contribution is 2.27. The first-order chi connectivity index (χ1) is 9.33. The molecule has 2 atom stereocenters. The molecule has 0 radical (unpaired) electrons. The zero-order valence-electron chi connectivity index (χ0n) is 11.6. The third-order valence-corrected chi connectivity index (χ3v) is 3.61. The third-order valence-electron chi connectivity index (χ3n) is 3.61. The molecule has 2 unspecified atom stereocenters. The van der Waals surface area contributed by atoms with E-state index >= 15 is 0 Å². The maximum atomic E-state index is 9.17. The zero-order chi connectivity index (χ0) is 13.5. The van der Waals surface area contributed by atoms with Crippen LogP contribution in [0.1, 0.15) is 39.0 Å². The Labute approximate surface area is 115 Å². The highest BCUT2D eigenvalue weighted by Gasteiger charge is 2.24. The molecule has 0 heterocycles. The van der Waals surface area contributed by atoms with Gasteiger partial charge in [-0.25, -0.2) is 0 Å². The number of nitriles is 1. The molecular weight excluding hydrogens is 236 g/mol. The minimum atomic E-state index is 0.143. The van der Waals surface area contributed by atoms with E-state index in [-0.39, 0.29) is 5.92 Å². The molecule has 0 spiro atoms. The summed E-state index contributed by atoms with van der Waals surface area (Å²) < 4.78 is 5.56. The minimum absolute atomic E-state index is 0.143. The van der Waals surface area contributed by atoms with E-state index < -0.39 is 0 Å². The van der Waals surface area contributed by atoms with Gasteiger partial charge in [0.05, 0.1) is 18.6 Å². The number of nitrogens with one attached hydrogen (secondary N) is 1. The van der Waals surface area contributed by atoms with Crippen molar-refractivity contribution >= 4 is 5.69 Å². The maximum absolute atomic E-state index is 9.17. The summed E-state index contributed by atoms with van der Waals surface area (Å²) in [5.74, 6) is 1.05. The summed E-state index contributed by atoms with van der Waals surface area (Å²) in [5.41, 5.74) is 1.08. The van der Waals surface area contributed by atoms with Crippen LogP contribution in [0.3, 0.4) is 0 Å². The summed E-state index contributed by atoms with van der Waals surface area (Å²) in [5, 5.41) is 12.7. The number of hydrogen-bond donors (Lipinski definition) is 1. The molecule has 0 aromatic heterocycles. The quantitative estimate of drug-likeness (QED) is 0.869. The molecule has 1 aliphatic rings. The number of anilines is 1. The van der Waals surface area contributed by atoms with Crippen LogP contribution in [0.25, 0.3) is 0 Å². The van der Waals surface area contributed by atoms with E-state index in [0.717, 1.165) is 37.3 Å². The smallest absolute Gasteiger partial charge is 0.119 e. The first-order valence-corrected chi connectivity index (χ1v) is 7.22. The fourth-order valence-electron chi connectivity index (χ4n) is 2.54. The SMILES string of the molecule is CCCOc1ccc(NC2CCCCC2C#N)cc1. The second-order valence-electron chi connectivity index (χ2n) is 5.14. The van der Waals surface area contributed by atoms with Gasteiger partial charge in [-0.15, -0.1) is 0 Å². The molecule has 1 aliphatic carbocycles. The second kappa shape index (κ2) is 7.04. The fraction of sp³-hybridized carbons (Fsp3) is 0.562. The molecule has 1 saturated carbocycles. The summed E-state index contributed by atoms with van der Waals surface area (Å²) in [7, 11) is 0. The van der Waals surface area contributed by atoms with Crippen molar-refractivity contribution in [3.63, 3.8) is 0 Å². The first kappa shape index (κ1) is 13.7. The fourth-order valence-corrected chi connectivity index (χ4v) is 2.54. The van der Waals surface area contributed by atoms with Crippen LogP contribution in [0.5, 0.6) is 5.75 Å². The van der Waals surface area contributed by atoms with E-state index in [1.165, 1.54) is 12.8 Å². The van der Waals surface area contributed by atoms with Crippen LogP contribution < -0.4 is 10.1 Å². The minimum Gasteiger partial charge on any atom is -0.494 e. The molecular formula is C16H22N2O. The molecule has 3 nitrogen and oxygen atoms in total. The summed E-state index contributed by atoms with van der Waals surface area (Å²) in [4.78, 5) is 0. The number of rotatable bonds is 5. The van der Waals surface area contributed by atoms with Crippen LogP contribution >= 0.6 is 0 Å². The van der Waals surface area contributed by atoms with Crippen LogP contribution in [-0.2, 0) is 0 Å². The Morgan fingerprint density at radius 3 is 2.68 bits per heavy atom. The third kappa shape index (κ3) is 3.89. The number of benzene rings is 1. The Bertz CT molecular complexity index is 421. The highest BCUT2D eigenvalue weighted by molar-refractivity contribution is 5.47. The van der Waals surface area contributed by atoms with Gasteiger partial charge in [-0.3, -0.25) is 0 Å². The largest absolute Gasteiger partial charge is 0.494 e. The van der Waals surface area contributed by atoms with Gasteiger partial charge in [0.2, 0.25) is 0 Å². The predicted molar refractivity (Wildman–Crippen MR) is 77.2 cm³/mol. The van der Waals surface area contributed by atoms with Crippen LogP contribution in [-0.4, -0.2) is 12.6 Å². The number of ether oxygens (including phenoxy) is 1.